The molecule has 5 heteroatoms. The second kappa shape index (κ2) is 7.85. The monoisotopic (exact) mass is 350 g/mol. The van der Waals surface area contributed by atoms with E-state index in [2.05, 4.69) is 17.1 Å². The Morgan fingerprint density at radius 2 is 2.17 bits per heavy atom. The van der Waals surface area contributed by atoms with Crippen molar-refractivity contribution in [3.63, 3.8) is 0 Å². The zero-order valence-corrected chi connectivity index (χ0v) is 15.0. The molecule has 1 aliphatic carbocycles. The van der Waals surface area contributed by atoms with Crippen molar-refractivity contribution in [2.75, 3.05) is 26.2 Å². The highest BCUT2D eigenvalue weighted by Crippen LogP contribution is 2.47. The Balaban J connectivity index is 1.38. The number of β-amino-alcohol motifs (C(OH)–C–C–N with tert-alkyl or cyclic N) is 1. The van der Waals surface area contributed by atoms with Gasteiger partial charge in [0.2, 0.25) is 5.91 Å². The first-order valence-corrected chi connectivity index (χ1v) is 9.34. The molecule has 0 bridgehead atoms. The molecule has 3 atom stereocenters. The third kappa shape index (κ3) is 4.71. The summed E-state index contributed by atoms with van der Waals surface area (Å²) in [5, 5.41) is 13.8. The number of hydrogen-bond donors (Lipinski definition) is 2. The first-order chi connectivity index (χ1) is 11.5. The third-order valence-corrected chi connectivity index (χ3v) is 5.50. The molecule has 3 unspecified atom stereocenters. The standard InChI is InChI=1S/C19H27ClN2O2/c1-13-5-7-22(8-6-13)12-16(23)11-21-19(24)18-10-17(18)14-3-2-4-15(20)9-14/h2-4,9,13,16-18,23H,5-8,10-12H2,1H3,(H,21,24). The van der Waals surface area contributed by atoms with E-state index >= 15 is 0 Å². The van der Waals surface area contributed by atoms with Gasteiger partial charge in [-0.25, -0.2) is 0 Å². The molecular weight excluding hydrogens is 324 g/mol. The molecule has 1 heterocycles. The van der Waals surface area contributed by atoms with Gasteiger partial charge < -0.3 is 15.3 Å². The lowest BCUT2D eigenvalue weighted by Gasteiger charge is -2.31. The van der Waals surface area contributed by atoms with Crippen LogP contribution in [0.2, 0.25) is 5.02 Å². The maximum absolute atomic E-state index is 12.2. The van der Waals surface area contributed by atoms with Gasteiger partial charge in [-0.3, -0.25) is 4.79 Å². The van der Waals surface area contributed by atoms with Crippen LogP contribution in [0.1, 0.15) is 37.7 Å². The number of halogens is 1. The van der Waals surface area contributed by atoms with E-state index in [1.165, 1.54) is 12.8 Å². The van der Waals surface area contributed by atoms with Crippen LogP contribution in [0.25, 0.3) is 0 Å². The van der Waals surface area contributed by atoms with Gasteiger partial charge in [-0.1, -0.05) is 30.7 Å². The molecule has 1 aromatic rings. The number of aliphatic hydroxyl groups excluding tert-OH is 1. The number of nitrogens with one attached hydrogen (secondary N) is 1. The molecule has 3 rings (SSSR count). The smallest absolute Gasteiger partial charge is 0.223 e. The molecule has 0 radical (unpaired) electrons. The average molecular weight is 351 g/mol. The quantitative estimate of drug-likeness (QED) is 0.829. The van der Waals surface area contributed by atoms with E-state index in [0.29, 0.717) is 18.1 Å². The Labute approximate surface area is 149 Å². The highest BCUT2D eigenvalue weighted by Gasteiger charge is 2.43. The predicted molar refractivity (Wildman–Crippen MR) is 96.2 cm³/mol. The lowest BCUT2D eigenvalue weighted by Crippen LogP contribution is -2.43. The molecule has 1 amide bonds. The van der Waals surface area contributed by atoms with Gasteiger partial charge in [0.15, 0.2) is 0 Å². The Hall–Kier alpha value is -1.10. The largest absolute Gasteiger partial charge is 0.390 e. The lowest BCUT2D eigenvalue weighted by molar-refractivity contribution is -0.122. The molecular formula is C19H27ClN2O2. The molecule has 1 saturated carbocycles. The van der Waals surface area contributed by atoms with Gasteiger partial charge >= 0.3 is 0 Å². The normalized spacial score (nSPS) is 26.1. The van der Waals surface area contributed by atoms with Crippen molar-refractivity contribution in [1.82, 2.24) is 10.2 Å². The van der Waals surface area contributed by atoms with E-state index in [4.69, 9.17) is 11.6 Å². The summed E-state index contributed by atoms with van der Waals surface area (Å²) < 4.78 is 0. The molecule has 132 valence electrons. The van der Waals surface area contributed by atoms with Crippen molar-refractivity contribution < 1.29 is 9.90 Å². The highest BCUT2D eigenvalue weighted by atomic mass is 35.5. The van der Waals surface area contributed by atoms with E-state index in [1.54, 1.807) is 0 Å². The van der Waals surface area contributed by atoms with Crippen molar-refractivity contribution in [3.8, 4) is 0 Å². The van der Waals surface area contributed by atoms with Gasteiger partial charge in [0.25, 0.3) is 0 Å². The van der Waals surface area contributed by atoms with E-state index < -0.39 is 6.10 Å². The van der Waals surface area contributed by atoms with Crippen molar-refractivity contribution in [2.45, 2.75) is 38.2 Å². The van der Waals surface area contributed by atoms with Gasteiger partial charge in [0.05, 0.1) is 6.10 Å². The zero-order chi connectivity index (χ0) is 17.1. The van der Waals surface area contributed by atoms with Crippen molar-refractivity contribution in [3.05, 3.63) is 34.9 Å². The SMILES string of the molecule is CC1CCN(CC(O)CNC(=O)C2CC2c2cccc(Cl)c2)CC1. The van der Waals surface area contributed by atoms with E-state index in [0.717, 1.165) is 31.0 Å². The summed E-state index contributed by atoms with van der Waals surface area (Å²) in [7, 11) is 0. The summed E-state index contributed by atoms with van der Waals surface area (Å²) >= 11 is 6.01. The fourth-order valence-electron chi connectivity index (χ4n) is 3.55. The second-order valence-electron chi connectivity index (χ2n) is 7.39. The lowest BCUT2D eigenvalue weighted by atomic mass is 9.99. The van der Waals surface area contributed by atoms with Crippen LogP contribution in [0, 0.1) is 11.8 Å². The van der Waals surface area contributed by atoms with Crippen LogP contribution < -0.4 is 5.32 Å². The Morgan fingerprint density at radius 3 is 2.88 bits per heavy atom. The third-order valence-electron chi connectivity index (χ3n) is 5.26. The highest BCUT2D eigenvalue weighted by molar-refractivity contribution is 6.30. The number of benzene rings is 1. The van der Waals surface area contributed by atoms with Gasteiger partial charge in [-0.2, -0.15) is 0 Å². The van der Waals surface area contributed by atoms with E-state index in [-0.39, 0.29) is 17.7 Å². The number of hydrogen-bond acceptors (Lipinski definition) is 3. The number of carbonyl (C=O) groups excluding carboxylic acids is 1. The first kappa shape index (κ1) is 17.7. The van der Waals surface area contributed by atoms with Crippen LogP contribution in [-0.4, -0.2) is 48.2 Å². The Morgan fingerprint density at radius 1 is 1.42 bits per heavy atom. The summed E-state index contributed by atoms with van der Waals surface area (Å²) in [6.45, 7) is 5.36. The molecule has 2 N–H and O–H groups in total. The minimum atomic E-state index is -0.495. The van der Waals surface area contributed by atoms with E-state index in [1.807, 2.05) is 24.3 Å². The van der Waals surface area contributed by atoms with Crippen molar-refractivity contribution >= 4 is 17.5 Å². The molecule has 1 saturated heterocycles. The number of piperidine rings is 1. The van der Waals surface area contributed by atoms with Crippen molar-refractivity contribution in [1.29, 1.82) is 0 Å². The summed E-state index contributed by atoms with van der Waals surface area (Å²) in [6, 6.07) is 7.73. The summed E-state index contributed by atoms with van der Waals surface area (Å²) in [4.78, 5) is 14.5. The molecule has 0 aromatic heterocycles. The number of likely N-dealkylation sites (tertiary alicyclic amines) is 1. The number of amides is 1. The number of carbonyl (C=O) groups is 1. The van der Waals surface area contributed by atoms with Gasteiger partial charge in [0, 0.05) is 24.0 Å². The number of nitrogens with zero attached hydrogens (tertiary/aromatic N) is 1. The molecule has 1 aromatic carbocycles. The molecule has 24 heavy (non-hydrogen) atoms. The van der Waals surface area contributed by atoms with Gasteiger partial charge in [-0.15, -0.1) is 0 Å². The van der Waals surface area contributed by atoms with Gasteiger partial charge in [0.1, 0.15) is 0 Å². The fraction of sp³-hybridized carbons (Fsp3) is 0.632. The van der Waals surface area contributed by atoms with Crippen LogP contribution in [0.15, 0.2) is 24.3 Å². The van der Waals surface area contributed by atoms with E-state index in [9.17, 15) is 9.90 Å². The van der Waals surface area contributed by atoms with Crippen LogP contribution >= 0.6 is 11.6 Å². The number of rotatable bonds is 6. The maximum Gasteiger partial charge on any atom is 0.223 e. The second-order valence-corrected chi connectivity index (χ2v) is 7.82. The van der Waals surface area contributed by atoms with Crippen molar-refractivity contribution in [2.24, 2.45) is 11.8 Å². The van der Waals surface area contributed by atoms with Crippen LogP contribution in [0.5, 0.6) is 0 Å². The van der Waals surface area contributed by atoms with Crippen LogP contribution in [0.4, 0.5) is 0 Å². The topological polar surface area (TPSA) is 52.6 Å². The fourth-order valence-corrected chi connectivity index (χ4v) is 3.75. The molecule has 2 aliphatic rings. The molecule has 4 nitrogen and oxygen atoms in total. The summed E-state index contributed by atoms with van der Waals surface area (Å²) in [6.07, 6.45) is 2.77. The molecule has 0 spiro atoms. The Bertz CT molecular complexity index is 572. The van der Waals surface area contributed by atoms with Crippen LogP contribution in [0.3, 0.4) is 0 Å². The molecule has 1 aliphatic heterocycles. The summed E-state index contributed by atoms with van der Waals surface area (Å²) in [5.41, 5.74) is 1.13. The van der Waals surface area contributed by atoms with Gasteiger partial charge in [-0.05, 0) is 61.9 Å². The number of aliphatic hydroxyl groups is 1. The minimum absolute atomic E-state index is 0.0199. The Kier molecular flexibility index (Phi) is 5.80. The zero-order valence-electron chi connectivity index (χ0n) is 14.2. The summed E-state index contributed by atoms with van der Waals surface area (Å²) in [5.74, 6) is 1.12. The maximum atomic E-state index is 12.2. The predicted octanol–water partition coefficient (Wildman–Crippen LogP) is 2.65. The minimum Gasteiger partial charge on any atom is -0.390 e. The molecule has 2 fully saturated rings. The first-order valence-electron chi connectivity index (χ1n) is 8.96. The van der Waals surface area contributed by atoms with Crippen LogP contribution in [-0.2, 0) is 4.79 Å². The average Bonchev–Trinajstić information content (AvgIpc) is 3.36.